The molecule has 3 aromatic rings. The molecule has 3 rings (SSSR count). The summed E-state index contributed by atoms with van der Waals surface area (Å²) in [6.07, 6.45) is -14.3. The number of rotatable bonds is 49. The Morgan fingerprint density at radius 1 is 0.563 bits per heavy atom. The van der Waals surface area contributed by atoms with E-state index >= 15 is 0 Å². The van der Waals surface area contributed by atoms with Gasteiger partial charge < -0.3 is 119 Å². The number of fused-ring (bicyclic) bond motifs is 1. The van der Waals surface area contributed by atoms with Crippen LogP contribution in [0.1, 0.15) is 81.3 Å². The lowest BCUT2D eigenvalue weighted by atomic mass is 10.0. The molecule has 0 aliphatic carbocycles. The van der Waals surface area contributed by atoms with Crippen LogP contribution in [0.15, 0.2) is 35.3 Å². The number of aliphatic hydroxyl groups is 5. The van der Waals surface area contributed by atoms with Gasteiger partial charge in [0, 0.05) is 73.0 Å². The van der Waals surface area contributed by atoms with Crippen LogP contribution >= 0.6 is 43.2 Å². The number of carboxylic acids is 3. The van der Waals surface area contributed by atoms with Crippen molar-refractivity contribution >= 4 is 149 Å². The first-order valence-corrected chi connectivity index (χ1v) is 35.9. The molecule has 0 saturated carbocycles. The number of anilines is 2. The average Bonchev–Trinajstić information content (AvgIpc) is 0.813. The van der Waals surface area contributed by atoms with Crippen LogP contribution in [0.2, 0.25) is 0 Å². The molecule has 2 heterocycles. The number of ether oxygens (including phenoxy) is 2. The van der Waals surface area contributed by atoms with E-state index in [-0.39, 0.29) is 79.1 Å². The van der Waals surface area contributed by atoms with E-state index in [0.717, 1.165) is 50.1 Å². The van der Waals surface area contributed by atoms with Crippen molar-refractivity contribution in [2.24, 2.45) is 0 Å². The molecule has 0 bridgehead atoms. The third-order valence-electron chi connectivity index (χ3n) is 13.9. The summed E-state index contributed by atoms with van der Waals surface area (Å²) in [6, 6.07) is -5.72. The minimum absolute atomic E-state index is 0.00228. The summed E-state index contributed by atoms with van der Waals surface area (Å²) in [6.45, 7) is 0.0620. The third-order valence-corrected chi connectivity index (χ3v) is 18.6. The molecule has 0 spiro atoms. The van der Waals surface area contributed by atoms with Crippen molar-refractivity contribution in [1.29, 1.82) is 0 Å². The Hall–Kier alpha value is -9.58. The summed E-state index contributed by atoms with van der Waals surface area (Å²) >= 11 is 0. The molecule has 0 fully saturated rings. The fraction of sp³-hybridized carbons (Fsp3) is 0.544. The predicted molar refractivity (Wildman–Crippen MR) is 365 cm³/mol. The van der Waals surface area contributed by atoms with Crippen molar-refractivity contribution in [3.8, 4) is 0 Å². The summed E-state index contributed by atoms with van der Waals surface area (Å²) < 4.78 is 8.86. The van der Waals surface area contributed by atoms with E-state index in [4.69, 9.17) is 21.1 Å². The number of nitrogen functional groups attached to an aromatic ring is 1. The molecule has 1 aromatic carbocycles. The molecule has 11 atom stereocenters. The van der Waals surface area contributed by atoms with E-state index in [9.17, 15) is 108 Å². The summed E-state index contributed by atoms with van der Waals surface area (Å²) in [5.74, 6) is -14.7. The first-order valence-electron chi connectivity index (χ1n) is 30.9. The van der Waals surface area contributed by atoms with Gasteiger partial charge >= 0.3 is 30.2 Å². The van der Waals surface area contributed by atoms with Gasteiger partial charge in [0.15, 0.2) is 11.2 Å². The number of nitrogens with zero attached hydrogens (tertiary/aromatic N) is 3. The van der Waals surface area contributed by atoms with Crippen molar-refractivity contribution in [2.75, 3.05) is 67.0 Å². The lowest BCUT2D eigenvalue weighted by Crippen LogP contribution is -2.60. The first kappa shape index (κ1) is 87.6. The van der Waals surface area contributed by atoms with E-state index in [1.165, 1.54) is 25.3 Å². The molecule has 46 heteroatoms. The van der Waals surface area contributed by atoms with Crippen molar-refractivity contribution in [2.45, 2.75) is 138 Å². The van der Waals surface area contributed by atoms with E-state index in [1.54, 1.807) is 12.1 Å². The highest BCUT2D eigenvalue weighted by atomic mass is 33.1. The standard InChI is InChI=1S/C57H81N15O27S4/c1-26(63-39(77)4-3-15-59-48(86)28-5-7-29(8-6-28)60-20-30-21-62-45-42(65-30)53(91)72-55(58)71-45)46(84)66-32(10-13-40(78)79)49(87)64-27(2)47(85)69-34(24-102-100-18-16-98-56(94)95)52(90)68-33(11-14-41(80)81)50(88)67-31(9-12-38(76)61-22-36(74)43(82)44(83)37(75)23-73)51(89)70-35(54(92)93)25-103-101-19-17-99-57(96)97/h5-8,21,26-27,31-37,43-44,60,73-75,82-83H,3-4,9-20,22-25H2,1-2H3,(H,59,86)(H,61,76)(H,63,77)(H,64,87)(H,66,84)(H,67,88)(H,68,90)(H,69,85)(H,70,89)(H,78,79)(H,80,81)(H,92,93)(H,94,95)(H,96,97)(H3,58,62,71,72,91)/t26-,27-,31-,32-,33-,34-,35-,36-,37+,43+,44+/m0/s1. The monoisotopic (exact) mass is 1540 g/mol. The third kappa shape index (κ3) is 33.8. The SMILES string of the molecule is C[C@H](NC(=O)CCCNC(=O)c1ccc(NCc2cnc3nc(N)[nH]c(=O)c3n2)cc1)C(=O)N[C@@H](CCC(=O)O)C(=O)N[C@@H](C)C(=O)N[C@@H](CSSCCOC(=O)O)C(=O)N[C@@H](CCC(=O)O)C(=O)N[C@@H](CCC(=O)NC[C@H](O)[C@@H](O)[C@H](O)[C@H](O)CO)C(=O)N[C@@H](CSSCCOC(=O)O)C(=O)O. The zero-order chi connectivity index (χ0) is 76.9. The molecule has 0 radical (unpaired) electrons. The number of amides is 9. The molecule has 103 heavy (non-hydrogen) atoms. The number of carbonyl (C=O) groups excluding carboxylic acids is 9. The van der Waals surface area contributed by atoms with Crippen LogP contribution in [0.3, 0.4) is 0 Å². The Kier molecular flexibility index (Phi) is 39.2. The van der Waals surface area contributed by atoms with Gasteiger partial charge in [0.25, 0.3) is 11.5 Å². The number of carboxylic acid groups (broad SMARTS) is 5. The number of benzene rings is 1. The minimum atomic E-state index is -2.11. The number of aromatic amines is 1. The van der Waals surface area contributed by atoms with Crippen LogP contribution in [-0.2, 0) is 68.8 Å². The molecule has 0 unspecified atom stereocenters. The highest BCUT2D eigenvalue weighted by Gasteiger charge is 2.35. The van der Waals surface area contributed by atoms with Gasteiger partial charge in [-0.1, -0.05) is 43.2 Å². The molecule has 570 valence electrons. The first-order chi connectivity index (χ1) is 48.7. The molecular weight excluding hydrogens is 1450 g/mol. The van der Waals surface area contributed by atoms with Crippen LogP contribution in [0.5, 0.6) is 0 Å². The van der Waals surface area contributed by atoms with Crippen molar-refractivity contribution in [1.82, 2.24) is 67.8 Å². The Labute approximate surface area is 599 Å². The number of aliphatic carboxylic acids is 3. The van der Waals surface area contributed by atoms with Gasteiger partial charge in [-0.05, 0) is 63.8 Å². The lowest BCUT2D eigenvalue weighted by molar-refractivity contribution is -0.142. The van der Waals surface area contributed by atoms with Gasteiger partial charge in [0.05, 0.1) is 31.1 Å². The molecule has 0 aliphatic rings. The van der Waals surface area contributed by atoms with Crippen molar-refractivity contribution in [3.63, 3.8) is 0 Å². The molecule has 9 amide bonds. The second kappa shape index (κ2) is 46.1. The quantitative estimate of drug-likeness (QED) is 0.0143. The summed E-state index contributed by atoms with van der Waals surface area (Å²) in [4.78, 5) is 207. The van der Waals surface area contributed by atoms with E-state index < -0.39 is 213 Å². The number of nitrogens with one attached hydrogen (secondary N) is 11. The second-order valence-electron chi connectivity index (χ2n) is 21.9. The van der Waals surface area contributed by atoms with Crippen LogP contribution in [-0.4, -0.2) is 277 Å². The van der Waals surface area contributed by atoms with Crippen LogP contribution in [0.4, 0.5) is 21.2 Å². The second-order valence-corrected chi connectivity index (χ2v) is 27.1. The van der Waals surface area contributed by atoms with Gasteiger partial charge in [-0.25, -0.2) is 24.4 Å². The topological polar surface area (TPSA) is 678 Å². The predicted octanol–water partition coefficient (Wildman–Crippen LogP) is -4.85. The number of aliphatic hydroxyl groups excluding tert-OH is 5. The molecular formula is C57H81N15O27S4. The van der Waals surface area contributed by atoms with E-state index in [2.05, 4.69) is 82.6 Å². The maximum absolute atomic E-state index is 14.2. The fourth-order valence-electron chi connectivity index (χ4n) is 8.35. The Balaban J connectivity index is 1.73. The summed E-state index contributed by atoms with van der Waals surface area (Å²) in [5, 5.41) is 120. The Morgan fingerprint density at radius 2 is 1.05 bits per heavy atom. The highest BCUT2D eigenvalue weighted by molar-refractivity contribution is 8.77. The smallest absolute Gasteiger partial charge is 0.481 e. The normalized spacial score (nSPS) is 14.2. The molecule has 23 N–H and O–H groups in total. The zero-order valence-corrected chi connectivity index (χ0v) is 58.2. The highest BCUT2D eigenvalue weighted by Crippen LogP contribution is 2.24. The van der Waals surface area contributed by atoms with Gasteiger partial charge in [0.2, 0.25) is 53.2 Å². The number of aromatic nitrogens is 4. The lowest BCUT2D eigenvalue weighted by Gasteiger charge is -2.27. The number of hydrogen-bond acceptors (Lipinski definition) is 31. The van der Waals surface area contributed by atoms with Crippen molar-refractivity contribution < 1.29 is 128 Å². The Bertz CT molecular complexity index is 3480. The number of nitrogens with two attached hydrogens (primary N) is 1. The molecule has 0 saturated heterocycles. The maximum atomic E-state index is 14.2. The largest absolute Gasteiger partial charge is 0.505 e. The maximum Gasteiger partial charge on any atom is 0.505 e. The van der Waals surface area contributed by atoms with Crippen LogP contribution in [0.25, 0.3) is 11.2 Å². The molecule has 0 aliphatic heterocycles. The van der Waals surface area contributed by atoms with E-state index in [1.807, 2.05) is 0 Å². The summed E-state index contributed by atoms with van der Waals surface area (Å²) in [5.41, 5.74) is 6.35. The summed E-state index contributed by atoms with van der Waals surface area (Å²) in [7, 11) is 3.57. The number of carbonyl (C=O) groups is 14. The van der Waals surface area contributed by atoms with Gasteiger partial charge in [0.1, 0.15) is 73.8 Å². The fourth-order valence-corrected chi connectivity index (χ4v) is 12.3. The molecule has 42 nitrogen and oxygen atoms in total. The number of H-pyrrole nitrogens is 1. The van der Waals surface area contributed by atoms with Gasteiger partial charge in [-0.15, -0.1) is 0 Å². The van der Waals surface area contributed by atoms with E-state index in [0.29, 0.717) is 11.4 Å². The van der Waals surface area contributed by atoms with Crippen LogP contribution < -0.4 is 64.5 Å². The van der Waals surface area contributed by atoms with Gasteiger partial charge in [-0.2, -0.15) is 4.98 Å². The van der Waals surface area contributed by atoms with Crippen LogP contribution in [0, 0.1) is 0 Å². The van der Waals surface area contributed by atoms with Crippen molar-refractivity contribution in [3.05, 3.63) is 52.1 Å². The zero-order valence-electron chi connectivity index (χ0n) is 54.9. The van der Waals surface area contributed by atoms with Gasteiger partial charge in [-0.3, -0.25) is 62.5 Å². The number of hydrogen-bond donors (Lipinski definition) is 22. The minimum Gasteiger partial charge on any atom is -0.481 e. The Morgan fingerprint density at radius 3 is 1.58 bits per heavy atom. The average molecular weight is 1540 g/mol. The molecule has 2 aromatic heterocycles.